The summed E-state index contributed by atoms with van der Waals surface area (Å²) in [5.74, 6) is 1.46. The second-order valence-corrected chi connectivity index (χ2v) is 6.31. The Morgan fingerprint density at radius 3 is 2.63 bits per heavy atom. The number of nitrogens with zero attached hydrogens (tertiary/aromatic N) is 1. The first-order valence-corrected chi connectivity index (χ1v) is 8.88. The lowest BCUT2D eigenvalue weighted by atomic mass is 10.00. The number of rotatable bonds is 7. The SMILES string of the molecule is C=CCN(C(=O)C1CC(c2ccc(OC)cc2OC)NN1)c1ccccc1. The van der Waals surface area contributed by atoms with E-state index in [2.05, 4.69) is 17.4 Å². The zero-order valence-corrected chi connectivity index (χ0v) is 15.6. The van der Waals surface area contributed by atoms with Gasteiger partial charge in [-0.25, -0.2) is 10.9 Å². The molecule has 0 radical (unpaired) electrons. The van der Waals surface area contributed by atoms with Crippen LogP contribution < -0.4 is 25.2 Å². The van der Waals surface area contributed by atoms with E-state index < -0.39 is 0 Å². The minimum absolute atomic E-state index is 0.00331. The molecule has 0 spiro atoms. The number of anilines is 1. The number of hydrogen-bond donors (Lipinski definition) is 2. The molecule has 0 aromatic heterocycles. The van der Waals surface area contributed by atoms with Crippen LogP contribution in [0, 0.1) is 0 Å². The van der Waals surface area contributed by atoms with Gasteiger partial charge in [-0.2, -0.15) is 0 Å². The van der Waals surface area contributed by atoms with Gasteiger partial charge in [-0.3, -0.25) is 4.79 Å². The van der Waals surface area contributed by atoms with Gasteiger partial charge in [0.1, 0.15) is 17.5 Å². The molecule has 6 nitrogen and oxygen atoms in total. The Hall–Kier alpha value is -2.83. The lowest BCUT2D eigenvalue weighted by Crippen LogP contribution is -2.45. The van der Waals surface area contributed by atoms with Crippen LogP contribution in [0.3, 0.4) is 0 Å². The summed E-state index contributed by atoms with van der Waals surface area (Å²) in [5, 5.41) is 0. The highest BCUT2D eigenvalue weighted by atomic mass is 16.5. The van der Waals surface area contributed by atoms with E-state index in [1.54, 1.807) is 25.2 Å². The maximum absolute atomic E-state index is 13.1. The van der Waals surface area contributed by atoms with Gasteiger partial charge in [0.05, 0.1) is 20.3 Å². The summed E-state index contributed by atoms with van der Waals surface area (Å²) < 4.78 is 10.7. The maximum Gasteiger partial charge on any atom is 0.245 e. The van der Waals surface area contributed by atoms with E-state index in [1.165, 1.54) is 0 Å². The summed E-state index contributed by atoms with van der Waals surface area (Å²) in [6, 6.07) is 14.9. The number of carbonyl (C=O) groups excluding carboxylic acids is 1. The molecule has 2 unspecified atom stereocenters. The fourth-order valence-electron chi connectivity index (χ4n) is 3.28. The van der Waals surface area contributed by atoms with Crippen LogP contribution in [0.4, 0.5) is 5.69 Å². The topological polar surface area (TPSA) is 62.8 Å². The second kappa shape index (κ2) is 8.70. The molecular formula is C21H25N3O3. The Morgan fingerprint density at radius 2 is 1.96 bits per heavy atom. The first-order valence-electron chi connectivity index (χ1n) is 8.88. The average molecular weight is 367 g/mol. The van der Waals surface area contributed by atoms with Gasteiger partial charge in [-0.1, -0.05) is 30.3 Å². The Balaban J connectivity index is 1.77. The van der Waals surface area contributed by atoms with E-state index in [1.807, 2.05) is 48.5 Å². The van der Waals surface area contributed by atoms with Crippen LogP contribution in [0.25, 0.3) is 0 Å². The third-order valence-corrected chi connectivity index (χ3v) is 4.66. The number of amides is 1. The van der Waals surface area contributed by atoms with E-state index in [9.17, 15) is 4.79 Å². The van der Waals surface area contributed by atoms with E-state index in [4.69, 9.17) is 9.47 Å². The number of para-hydroxylation sites is 1. The zero-order chi connectivity index (χ0) is 19.2. The van der Waals surface area contributed by atoms with Gasteiger partial charge in [0.25, 0.3) is 0 Å². The molecule has 1 saturated heterocycles. The predicted molar refractivity (Wildman–Crippen MR) is 106 cm³/mol. The Bertz CT molecular complexity index is 795. The number of hydrazine groups is 1. The number of ether oxygens (including phenoxy) is 2. The first kappa shape index (κ1) is 18.9. The van der Waals surface area contributed by atoms with Crippen molar-refractivity contribution in [2.75, 3.05) is 25.7 Å². The van der Waals surface area contributed by atoms with E-state index in [0.717, 1.165) is 22.7 Å². The molecule has 6 heteroatoms. The molecule has 142 valence electrons. The first-order chi connectivity index (χ1) is 13.2. The predicted octanol–water partition coefficient (Wildman–Crippen LogP) is 2.83. The van der Waals surface area contributed by atoms with Gasteiger partial charge >= 0.3 is 0 Å². The number of carbonyl (C=O) groups is 1. The van der Waals surface area contributed by atoms with Gasteiger partial charge in [0.15, 0.2) is 0 Å². The summed E-state index contributed by atoms with van der Waals surface area (Å²) in [5.41, 5.74) is 8.19. The number of nitrogens with one attached hydrogen (secondary N) is 2. The van der Waals surface area contributed by atoms with E-state index in [-0.39, 0.29) is 18.0 Å². The van der Waals surface area contributed by atoms with Crippen LogP contribution >= 0.6 is 0 Å². The molecule has 1 fully saturated rings. The normalized spacial score (nSPS) is 18.7. The third-order valence-electron chi connectivity index (χ3n) is 4.66. The maximum atomic E-state index is 13.1. The standard InChI is InChI=1S/C21H25N3O3/c1-4-12-24(15-8-6-5-7-9-15)21(25)19-14-18(22-23-19)17-11-10-16(26-2)13-20(17)27-3/h4-11,13,18-19,22-23H,1,12,14H2,2-3H3. The summed E-state index contributed by atoms with van der Waals surface area (Å²) >= 11 is 0. The number of methoxy groups -OCH3 is 2. The average Bonchev–Trinajstić information content (AvgIpc) is 3.21. The van der Waals surface area contributed by atoms with Gasteiger partial charge in [0, 0.05) is 23.9 Å². The highest BCUT2D eigenvalue weighted by molar-refractivity contribution is 5.97. The molecule has 2 aromatic carbocycles. The van der Waals surface area contributed by atoms with Crippen molar-refractivity contribution in [1.82, 2.24) is 10.9 Å². The number of hydrogen-bond acceptors (Lipinski definition) is 5. The molecule has 0 bridgehead atoms. The van der Waals surface area contributed by atoms with E-state index in [0.29, 0.717) is 13.0 Å². The molecule has 1 amide bonds. The summed E-state index contributed by atoms with van der Waals surface area (Å²) in [7, 11) is 3.25. The molecule has 1 heterocycles. The molecule has 3 rings (SSSR count). The van der Waals surface area contributed by atoms with Gasteiger partial charge < -0.3 is 14.4 Å². The van der Waals surface area contributed by atoms with Crippen molar-refractivity contribution in [1.29, 1.82) is 0 Å². The quantitative estimate of drug-likeness (QED) is 0.737. The van der Waals surface area contributed by atoms with E-state index >= 15 is 0 Å². The third kappa shape index (κ3) is 4.13. The number of benzene rings is 2. The van der Waals surface area contributed by atoms with Crippen molar-refractivity contribution >= 4 is 11.6 Å². The van der Waals surface area contributed by atoms with Crippen molar-refractivity contribution in [3.05, 3.63) is 66.7 Å². The van der Waals surface area contributed by atoms with Crippen molar-refractivity contribution < 1.29 is 14.3 Å². The summed E-state index contributed by atoms with van der Waals surface area (Å²) in [6.07, 6.45) is 2.35. The Kier molecular flexibility index (Phi) is 6.11. The monoisotopic (exact) mass is 367 g/mol. The summed E-state index contributed by atoms with van der Waals surface area (Å²) in [4.78, 5) is 14.8. The molecule has 2 atom stereocenters. The van der Waals surface area contributed by atoms with Gasteiger partial charge in [0.2, 0.25) is 5.91 Å². The molecule has 0 saturated carbocycles. The smallest absolute Gasteiger partial charge is 0.245 e. The zero-order valence-electron chi connectivity index (χ0n) is 15.6. The van der Waals surface area contributed by atoms with Crippen LogP contribution in [-0.2, 0) is 4.79 Å². The highest BCUT2D eigenvalue weighted by Crippen LogP contribution is 2.33. The molecule has 27 heavy (non-hydrogen) atoms. The van der Waals surface area contributed by atoms with Crippen LogP contribution in [-0.4, -0.2) is 32.7 Å². The minimum Gasteiger partial charge on any atom is -0.497 e. The minimum atomic E-state index is -0.345. The highest BCUT2D eigenvalue weighted by Gasteiger charge is 2.34. The van der Waals surface area contributed by atoms with Crippen molar-refractivity contribution in [3.8, 4) is 11.5 Å². The van der Waals surface area contributed by atoms with Crippen LogP contribution in [0.1, 0.15) is 18.0 Å². The van der Waals surface area contributed by atoms with Crippen molar-refractivity contribution in [2.24, 2.45) is 0 Å². The van der Waals surface area contributed by atoms with Crippen LogP contribution in [0.15, 0.2) is 61.2 Å². The fourth-order valence-corrected chi connectivity index (χ4v) is 3.28. The lowest BCUT2D eigenvalue weighted by Gasteiger charge is -2.24. The molecule has 1 aliphatic rings. The molecular weight excluding hydrogens is 342 g/mol. The van der Waals surface area contributed by atoms with Gasteiger partial charge in [-0.05, 0) is 24.6 Å². The largest absolute Gasteiger partial charge is 0.497 e. The van der Waals surface area contributed by atoms with Crippen molar-refractivity contribution in [2.45, 2.75) is 18.5 Å². The van der Waals surface area contributed by atoms with Gasteiger partial charge in [-0.15, -0.1) is 6.58 Å². The second-order valence-electron chi connectivity index (χ2n) is 6.31. The molecule has 0 aliphatic carbocycles. The summed E-state index contributed by atoms with van der Waals surface area (Å²) in [6.45, 7) is 4.23. The molecule has 2 aromatic rings. The van der Waals surface area contributed by atoms with Crippen molar-refractivity contribution in [3.63, 3.8) is 0 Å². The molecule has 2 N–H and O–H groups in total. The van der Waals surface area contributed by atoms with Crippen LogP contribution in [0.5, 0.6) is 11.5 Å². The Labute approximate surface area is 159 Å². The molecule has 1 aliphatic heterocycles. The lowest BCUT2D eigenvalue weighted by molar-refractivity contribution is -0.120. The van der Waals surface area contributed by atoms with Crippen LogP contribution in [0.2, 0.25) is 0 Å². The fraction of sp³-hybridized carbons (Fsp3) is 0.286. The Morgan fingerprint density at radius 1 is 1.19 bits per heavy atom.